The fourth-order valence-electron chi connectivity index (χ4n) is 4.36. The lowest BCUT2D eigenvalue weighted by molar-refractivity contribution is -0.113. The first-order valence-electron chi connectivity index (χ1n) is 11.2. The zero-order valence-corrected chi connectivity index (χ0v) is 19.2. The monoisotopic (exact) mass is 466 g/mol. The third-order valence-corrected chi connectivity index (χ3v) is 7.30. The Balaban J connectivity index is 1.12. The molecule has 1 aliphatic heterocycles. The topological polar surface area (TPSA) is 111 Å². The molecule has 9 nitrogen and oxygen atoms in total. The highest BCUT2D eigenvalue weighted by Gasteiger charge is 2.23. The van der Waals surface area contributed by atoms with E-state index in [9.17, 15) is 9.59 Å². The number of anilines is 1. The van der Waals surface area contributed by atoms with Crippen molar-refractivity contribution in [3.8, 4) is 5.75 Å². The van der Waals surface area contributed by atoms with E-state index in [-0.39, 0.29) is 11.5 Å². The Morgan fingerprint density at radius 2 is 2.03 bits per heavy atom. The molecule has 0 bridgehead atoms. The number of carbonyl (C=O) groups excluding carboxylic acids is 1. The van der Waals surface area contributed by atoms with Crippen molar-refractivity contribution in [1.29, 1.82) is 0 Å². The number of aryl methyl sites for hydroxylation is 1. The summed E-state index contributed by atoms with van der Waals surface area (Å²) in [5.41, 5.74) is 1.90. The van der Waals surface area contributed by atoms with Crippen molar-refractivity contribution in [2.24, 2.45) is 13.0 Å². The van der Waals surface area contributed by atoms with Gasteiger partial charge in [-0.2, -0.15) is 0 Å². The number of nitrogens with one attached hydrogen (secondary N) is 2. The number of ether oxygens (including phenoxy) is 1. The van der Waals surface area contributed by atoms with Crippen LogP contribution in [0.5, 0.6) is 5.75 Å². The van der Waals surface area contributed by atoms with Crippen LogP contribution in [0.1, 0.15) is 31.4 Å². The number of fused-ring (bicyclic) bond motifs is 2. The standard InChI is InChI=1S/C23H26N6O3S/c1-29-20(31)11-26-23-21(29)17(8-9-24-23)32-12-14-2-4-15(5-3-14)25-10-16-6-7-18-22(27-16)28-19(30)13-33-18/h6-9,11,14-15,25H,2-5,10,12-13H2,1H3,(H,27,28,30)/t14-,15-. The van der Waals surface area contributed by atoms with Crippen molar-refractivity contribution < 1.29 is 9.53 Å². The normalized spacial score (nSPS) is 20.3. The van der Waals surface area contributed by atoms with Gasteiger partial charge >= 0.3 is 0 Å². The summed E-state index contributed by atoms with van der Waals surface area (Å²) in [7, 11) is 1.71. The van der Waals surface area contributed by atoms with Crippen LogP contribution in [-0.4, -0.2) is 43.8 Å². The van der Waals surface area contributed by atoms with E-state index in [4.69, 9.17) is 4.74 Å². The molecule has 0 unspecified atom stereocenters. The second kappa shape index (κ2) is 9.48. The van der Waals surface area contributed by atoms with Crippen molar-refractivity contribution in [3.63, 3.8) is 0 Å². The van der Waals surface area contributed by atoms with Gasteiger partial charge in [-0.3, -0.25) is 9.59 Å². The van der Waals surface area contributed by atoms with E-state index in [0.29, 0.717) is 53.6 Å². The molecule has 1 amide bonds. The van der Waals surface area contributed by atoms with Crippen molar-refractivity contribution in [2.75, 3.05) is 17.7 Å². The summed E-state index contributed by atoms with van der Waals surface area (Å²) in [5, 5.41) is 6.46. The summed E-state index contributed by atoms with van der Waals surface area (Å²) in [5.74, 6) is 2.24. The van der Waals surface area contributed by atoms with Crippen LogP contribution in [0.15, 0.2) is 40.3 Å². The molecule has 5 rings (SSSR count). The fourth-order valence-corrected chi connectivity index (χ4v) is 5.11. The zero-order valence-electron chi connectivity index (χ0n) is 18.4. The van der Waals surface area contributed by atoms with Crippen molar-refractivity contribution in [2.45, 2.75) is 43.2 Å². The van der Waals surface area contributed by atoms with Gasteiger partial charge in [-0.1, -0.05) is 0 Å². The molecule has 4 heterocycles. The molecule has 0 saturated heterocycles. The summed E-state index contributed by atoms with van der Waals surface area (Å²) in [6.07, 6.45) is 7.23. The van der Waals surface area contributed by atoms with Gasteiger partial charge in [-0.25, -0.2) is 15.0 Å². The zero-order chi connectivity index (χ0) is 22.8. The highest BCUT2D eigenvalue weighted by atomic mass is 32.2. The molecule has 10 heteroatoms. The Morgan fingerprint density at radius 1 is 1.18 bits per heavy atom. The summed E-state index contributed by atoms with van der Waals surface area (Å²) in [6, 6.07) is 6.29. The average Bonchev–Trinajstić information content (AvgIpc) is 2.84. The van der Waals surface area contributed by atoms with Gasteiger partial charge < -0.3 is 19.9 Å². The highest BCUT2D eigenvalue weighted by molar-refractivity contribution is 8.00. The molecule has 2 N–H and O–H groups in total. The predicted molar refractivity (Wildman–Crippen MR) is 126 cm³/mol. The first-order valence-corrected chi connectivity index (χ1v) is 12.1. The first kappa shape index (κ1) is 21.8. The van der Waals surface area contributed by atoms with E-state index in [0.717, 1.165) is 36.3 Å². The predicted octanol–water partition coefficient (Wildman–Crippen LogP) is 2.50. The van der Waals surface area contributed by atoms with E-state index in [1.807, 2.05) is 12.1 Å². The average molecular weight is 467 g/mol. The smallest absolute Gasteiger partial charge is 0.269 e. The number of thioether (sulfide) groups is 1. The van der Waals surface area contributed by atoms with E-state index >= 15 is 0 Å². The lowest BCUT2D eigenvalue weighted by Gasteiger charge is -2.29. The lowest BCUT2D eigenvalue weighted by Crippen LogP contribution is -2.34. The molecule has 0 atom stereocenters. The molecule has 0 radical (unpaired) electrons. The maximum Gasteiger partial charge on any atom is 0.269 e. The van der Waals surface area contributed by atoms with E-state index in [1.165, 1.54) is 22.5 Å². The molecule has 1 fully saturated rings. The largest absolute Gasteiger partial charge is 0.491 e. The van der Waals surface area contributed by atoms with Gasteiger partial charge in [0, 0.05) is 31.9 Å². The Hall–Kier alpha value is -2.98. The van der Waals surface area contributed by atoms with Gasteiger partial charge in [0.1, 0.15) is 17.1 Å². The molecule has 33 heavy (non-hydrogen) atoms. The molecule has 3 aromatic rings. The van der Waals surface area contributed by atoms with Crippen LogP contribution in [0.25, 0.3) is 11.2 Å². The Kier molecular flexibility index (Phi) is 6.28. The van der Waals surface area contributed by atoms with Crippen LogP contribution in [0.2, 0.25) is 0 Å². The molecule has 2 aliphatic rings. The molecule has 1 saturated carbocycles. The number of nitrogens with zero attached hydrogens (tertiary/aromatic N) is 4. The molecule has 0 aromatic carbocycles. The Morgan fingerprint density at radius 3 is 2.88 bits per heavy atom. The third kappa shape index (κ3) is 4.86. The fraction of sp³-hybridized carbons (Fsp3) is 0.435. The third-order valence-electron chi connectivity index (χ3n) is 6.26. The van der Waals surface area contributed by atoms with Crippen LogP contribution < -0.4 is 20.9 Å². The maximum atomic E-state index is 12.0. The van der Waals surface area contributed by atoms with Gasteiger partial charge in [0.15, 0.2) is 5.65 Å². The van der Waals surface area contributed by atoms with Gasteiger partial charge in [0.25, 0.3) is 5.56 Å². The summed E-state index contributed by atoms with van der Waals surface area (Å²) < 4.78 is 7.65. The van der Waals surface area contributed by atoms with Crippen LogP contribution in [0, 0.1) is 5.92 Å². The Bertz CT molecular complexity index is 1240. The summed E-state index contributed by atoms with van der Waals surface area (Å²) in [6.45, 7) is 1.29. The molecule has 1 aliphatic carbocycles. The number of hydrogen-bond acceptors (Lipinski definition) is 8. The SMILES string of the molecule is Cn1c(=O)cnc2nccc(OC[C@H]3CC[C@H](NCc4ccc5c(n4)NC(=O)CS5)CC3)c21. The number of aromatic nitrogens is 4. The molecule has 0 spiro atoms. The van der Waals surface area contributed by atoms with Gasteiger partial charge in [0.05, 0.1) is 29.1 Å². The van der Waals surface area contributed by atoms with Crippen LogP contribution >= 0.6 is 11.8 Å². The minimum absolute atomic E-state index is 0.00361. The number of hydrogen-bond donors (Lipinski definition) is 2. The number of carbonyl (C=O) groups is 1. The van der Waals surface area contributed by atoms with Crippen molar-refractivity contribution >= 4 is 34.7 Å². The minimum Gasteiger partial charge on any atom is -0.491 e. The van der Waals surface area contributed by atoms with Gasteiger partial charge in [-0.15, -0.1) is 11.8 Å². The number of pyridine rings is 2. The van der Waals surface area contributed by atoms with E-state index in [2.05, 4.69) is 25.6 Å². The second-order valence-electron chi connectivity index (χ2n) is 8.53. The maximum absolute atomic E-state index is 12.0. The summed E-state index contributed by atoms with van der Waals surface area (Å²) >= 11 is 1.53. The molecule has 172 valence electrons. The van der Waals surface area contributed by atoms with Crippen molar-refractivity contribution in [1.82, 2.24) is 24.8 Å². The van der Waals surface area contributed by atoms with E-state index < -0.39 is 0 Å². The van der Waals surface area contributed by atoms with E-state index in [1.54, 1.807) is 19.3 Å². The first-order chi connectivity index (χ1) is 16.1. The van der Waals surface area contributed by atoms with Crippen LogP contribution in [0.3, 0.4) is 0 Å². The van der Waals surface area contributed by atoms with Gasteiger partial charge in [0.2, 0.25) is 5.91 Å². The minimum atomic E-state index is -0.179. The van der Waals surface area contributed by atoms with Crippen molar-refractivity contribution in [3.05, 3.63) is 46.6 Å². The molecule has 3 aromatic heterocycles. The number of rotatable bonds is 6. The Labute approximate surface area is 195 Å². The molecular formula is C23H26N6O3S. The lowest BCUT2D eigenvalue weighted by atomic mass is 9.86. The quantitative estimate of drug-likeness (QED) is 0.570. The highest BCUT2D eigenvalue weighted by Crippen LogP contribution is 2.30. The summed E-state index contributed by atoms with van der Waals surface area (Å²) in [4.78, 5) is 37.5. The van der Waals surface area contributed by atoms with Gasteiger partial charge in [-0.05, 0) is 43.7 Å². The van der Waals surface area contributed by atoms with Crippen LogP contribution in [-0.2, 0) is 18.4 Å². The number of amides is 1. The van der Waals surface area contributed by atoms with Crippen LogP contribution in [0.4, 0.5) is 5.82 Å². The second-order valence-corrected chi connectivity index (χ2v) is 9.55. The molecular weight excluding hydrogens is 440 g/mol.